The van der Waals surface area contributed by atoms with Gasteiger partial charge in [0.05, 0.1) is 29.0 Å². The highest BCUT2D eigenvalue weighted by Gasteiger charge is 2.28. The zero-order chi connectivity index (χ0) is 20.4. The lowest BCUT2D eigenvalue weighted by molar-refractivity contribution is -0.0585. The summed E-state index contributed by atoms with van der Waals surface area (Å²) in [6.45, 7) is 4.97. The first-order valence-corrected chi connectivity index (χ1v) is 9.72. The first kappa shape index (κ1) is 19.1. The van der Waals surface area contributed by atoms with Crippen molar-refractivity contribution in [3.05, 3.63) is 71.9 Å². The van der Waals surface area contributed by atoms with E-state index in [1.165, 1.54) is 0 Å². The maximum atomic E-state index is 13.2. The lowest BCUT2D eigenvalue weighted by atomic mass is 10.1. The van der Waals surface area contributed by atoms with Crippen LogP contribution in [0.4, 0.5) is 5.69 Å². The van der Waals surface area contributed by atoms with Crippen LogP contribution in [0.3, 0.4) is 0 Å². The lowest BCUT2D eigenvalue weighted by Crippen LogP contribution is -2.48. The highest BCUT2D eigenvalue weighted by Crippen LogP contribution is 2.23. The zero-order valence-corrected chi connectivity index (χ0v) is 16.5. The fourth-order valence-corrected chi connectivity index (χ4v) is 3.78. The van der Waals surface area contributed by atoms with Gasteiger partial charge in [-0.3, -0.25) is 14.6 Å². The van der Waals surface area contributed by atoms with Crippen LogP contribution in [0.15, 0.2) is 60.8 Å². The molecule has 148 valence electrons. The minimum atomic E-state index is -0.271. The number of fused-ring (bicyclic) bond motifs is 1. The van der Waals surface area contributed by atoms with Crippen LogP contribution in [0, 0.1) is 0 Å². The minimum absolute atomic E-state index is 0.0207. The molecule has 2 heterocycles. The molecule has 1 fully saturated rings. The van der Waals surface area contributed by atoms with Gasteiger partial charge >= 0.3 is 0 Å². The Bertz CT molecular complexity index is 1050. The largest absolute Gasteiger partial charge is 0.372 e. The monoisotopic (exact) mass is 389 g/mol. The smallest absolute Gasteiger partial charge is 0.256 e. The van der Waals surface area contributed by atoms with Crippen molar-refractivity contribution in [3.8, 4) is 0 Å². The van der Waals surface area contributed by atoms with Crippen LogP contribution in [-0.4, -0.2) is 47.0 Å². The van der Waals surface area contributed by atoms with Crippen molar-refractivity contribution in [2.24, 2.45) is 0 Å². The van der Waals surface area contributed by atoms with E-state index in [4.69, 9.17) is 4.74 Å². The summed E-state index contributed by atoms with van der Waals surface area (Å²) in [6, 6.07) is 16.2. The molecule has 3 aromatic rings. The standard InChI is InChI=1S/C23H23N3O3/c1-15-13-26(14-16(2)29-15)23(28)19-7-3-4-10-21(19)25-22(27)18-8-5-11-20-17(18)9-6-12-24-20/h3-12,15-16H,13-14H2,1-2H3,(H,25,27)/t15-,16+. The average Bonchev–Trinajstić information content (AvgIpc) is 2.72. The number of ether oxygens (including phenoxy) is 1. The summed E-state index contributed by atoms with van der Waals surface area (Å²) >= 11 is 0. The molecule has 0 spiro atoms. The molecule has 0 saturated carbocycles. The third-order valence-electron chi connectivity index (χ3n) is 5.00. The van der Waals surface area contributed by atoms with Crippen molar-refractivity contribution >= 4 is 28.4 Å². The molecule has 1 saturated heterocycles. The van der Waals surface area contributed by atoms with Gasteiger partial charge in [0, 0.05) is 30.2 Å². The molecule has 6 heteroatoms. The maximum absolute atomic E-state index is 13.2. The number of benzene rings is 2. The minimum Gasteiger partial charge on any atom is -0.372 e. The maximum Gasteiger partial charge on any atom is 0.256 e. The summed E-state index contributed by atoms with van der Waals surface area (Å²) in [4.78, 5) is 32.2. The number of hydrogen-bond acceptors (Lipinski definition) is 4. The van der Waals surface area contributed by atoms with Gasteiger partial charge in [0.2, 0.25) is 0 Å². The Balaban J connectivity index is 1.62. The number of carbonyl (C=O) groups is 2. The van der Waals surface area contributed by atoms with Crippen molar-refractivity contribution in [1.29, 1.82) is 0 Å². The third-order valence-corrected chi connectivity index (χ3v) is 5.00. The van der Waals surface area contributed by atoms with E-state index in [9.17, 15) is 9.59 Å². The molecule has 1 aliphatic heterocycles. The molecule has 2 aromatic carbocycles. The van der Waals surface area contributed by atoms with Gasteiger partial charge in [0.1, 0.15) is 0 Å². The molecule has 0 bridgehead atoms. The van der Waals surface area contributed by atoms with Gasteiger partial charge in [-0.05, 0) is 44.2 Å². The van der Waals surface area contributed by atoms with Gasteiger partial charge in [-0.1, -0.05) is 24.3 Å². The number of carbonyl (C=O) groups excluding carboxylic acids is 2. The normalized spacial score (nSPS) is 19.2. The zero-order valence-electron chi connectivity index (χ0n) is 16.5. The molecule has 0 unspecified atom stereocenters. The second-order valence-electron chi connectivity index (χ2n) is 7.34. The van der Waals surface area contributed by atoms with E-state index in [-0.39, 0.29) is 24.0 Å². The van der Waals surface area contributed by atoms with E-state index in [1.807, 2.05) is 32.0 Å². The first-order valence-electron chi connectivity index (χ1n) is 9.72. The molecule has 4 rings (SSSR count). The highest BCUT2D eigenvalue weighted by atomic mass is 16.5. The number of hydrogen-bond donors (Lipinski definition) is 1. The van der Waals surface area contributed by atoms with Gasteiger partial charge in [-0.2, -0.15) is 0 Å². The van der Waals surface area contributed by atoms with Crippen LogP contribution in [0.1, 0.15) is 34.6 Å². The number of anilines is 1. The summed E-state index contributed by atoms with van der Waals surface area (Å²) in [5.74, 6) is -0.380. The van der Waals surface area contributed by atoms with Crippen LogP contribution in [0.25, 0.3) is 10.9 Å². The Kier molecular flexibility index (Phi) is 5.27. The molecule has 2 atom stereocenters. The number of amides is 2. The summed E-state index contributed by atoms with van der Waals surface area (Å²) in [6.07, 6.45) is 1.66. The number of nitrogens with one attached hydrogen (secondary N) is 1. The number of nitrogens with zero attached hydrogens (tertiary/aromatic N) is 2. The summed E-state index contributed by atoms with van der Waals surface area (Å²) in [5.41, 5.74) is 2.24. The molecule has 0 radical (unpaired) electrons. The molecule has 1 aromatic heterocycles. The van der Waals surface area contributed by atoms with E-state index < -0.39 is 0 Å². The fraction of sp³-hybridized carbons (Fsp3) is 0.261. The van der Waals surface area contributed by atoms with Gasteiger partial charge in [-0.25, -0.2) is 0 Å². The molecule has 2 amide bonds. The van der Waals surface area contributed by atoms with Crippen LogP contribution in [0.2, 0.25) is 0 Å². The van der Waals surface area contributed by atoms with Gasteiger partial charge in [0.15, 0.2) is 0 Å². The number of para-hydroxylation sites is 1. The van der Waals surface area contributed by atoms with Gasteiger partial charge in [-0.15, -0.1) is 0 Å². The number of aromatic nitrogens is 1. The predicted molar refractivity (Wildman–Crippen MR) is 112 cm³/mol. The molecule has 6 nitrogen and oxygen atoms in total. The summed E-state index contributed by atoms with van der Waals surface area (Å²) in [5, 5.41) is 3.69. The van der Waals surface area contributed by atoms with E-state index in [0.29, 0.717) is 29.9 Å². The van der Waals surface area contributed by atoms with Crippen LogP contribution < -0.4 is 5.32 Å². The molecule has 0 aliphatic carbocycles. The SMILES string of the molecule is C[C@@H]1CN(C(=O)c2ccccc2NC(=O)c2cccc3ncccc23)C[C@H](C)O1. The Morgan fingerprint density at radius 1 is 0.966 bits per heavy atom. The number of pyridine rings is 1. The molecular weight excluding hydrogens is 366 g/mol. The Labute approximate surface area is 169 Å². The predicted octanol–water partition coefficient (Wildman–Crippen LogP) is 3.74. The number of rotatable bonds is 3. The van der Waals surface area contributed by atoms with Crippen molar-refractivity contribution < 1.29 is 14.3 Å². The van der Waals surface area contributed by atoms with Crippen molar-refractivity contribution in [3.63, 3.8) is 0 Å². The molecule has 29 heavy (non-hydrogen) atoms. The topological polar surface area (TPSA) is 71.5 Å². The molecule has 1 aliphatic rings. The first-order chi connectivity index (χ1) is 14.0. The molecular formula is C23H23N3O3. The van der Waals surface area contributed by atoms with Crippen molar-refractivity contribution in [2.75, 3.05) is 18.4 Å². The van der Waals surface area contributed by atoms with Gasteiger partial charge < -0.3 is 15.0 Å². The summed E-state index contributed by atoms with van der Waals surface area (Å²) < 4.78 is 5.73. The van der Waals surface area contributed by atoms with E-state index >= 15 is 0 Å². The van der Waals surface area contributed by atoms with Crippen LogP contribution >= 0.6 is 0 Å². The Morgan fingerprint density at radius 3 is 2.48 bits per heavy atom. The highest BCUT2D eigenvalue weighted by molar-refractivity contribution is 6.14. The number of morpholine rings is 1. The van der Waals surface area contributed by atoms with E-state index in [2.05, 4.69) is 10.3 Å². The van der Waals surface area contributed by atoms with Gasteiger partial charge in [0.25, 0.3) is 11.8 Å². The van der Waals surface area contributed by atoms with E-state index in [0.717, 1.165) is 10.9 Å². The third kappa shape index (κ3) is 3.98. The molecule has 1 N–H and O–H groups in total. The average molecular weight is 389 g/mol. The van der Waals surface area contributed by atoms with E-state index in [1.54, 1.807) is 47.5 Å². The second kappa shape index (κ2) is 8.01. The summed E-state index contributed by atoms with van der Waals surface area (Å²) in [7, 11) is 0. The van der Waals surface area contributed by atoms with Crippen molar-refractivity contribution in [1.82, 2.24) is 9.88 Å². The quantitative estimate of drug-likeness (QED) is 0.741. The Hall–Kier alpha value is -3.25. The van der Waals surface area contributed by atoms with Crippen LogP contribution in [-0.2, 0) is 4.74 Å². The van der Waals surface area contributed by atoms with Crippen molar-refractivity contribution in [2.45, 2.75) is 26.1 Å². The second-order valence-corrected chi connectivity index (χ2v) is 7.34. The lowest BCUT2D eigenvalue weighted by Gasteiger charge is -2.35. The fourth-order valence-electron chi connectivity index (χ4n) is 3.78. The van der Waals surface area contributed by atoms with Crippen LogP contribution in [0.5, 0.6) is 0 Å². The Morgan fingerprint density at radius 2 is 1.69 bits per heavy atom.